The van der Waals surface area contributed by atoms with E-state index in [4.69, 9.17) is 10.1 Å². The molecule has 21 heavy (non-hydrogen) atoms. The quantitative estimate of drug-likeness (QED) is 0.885. The Morgan fingerprint density at radius 2 is 1.95 bits per heavy atom. The second-order valence-electron chi connectivity index (χ2n) is 6.52. The molecule has 0 fully saturated rings. The number of carboxylic acids is 1. The van der Waals surface area contributed by atoms with Gasteiger partial charge in [0.1, 0.15) is 5.82 Å². The van der Waals surface area contributed by atoms with Gasteiger partial charge in [0, 0.05) is 13.0 Å². The largest absolute Gasteiger partial charge is 0.481 e. The lowest BCUT2D eigenvalue weighted by atomic mass is 10.1. The van der Waals surface area contributed by atoms with Gasteiger partial charge in [-0.25, -0.2) is 4.98 Å². The van der Waals surface area contributed by atoms with E-state index in [-0.39, 0.29) is 6.42 Å². The molecule has 0 atom stereocenters. The Kier molecular flexibility index (Phi) is 4.66. The second-order valence-corrected chi connectivity index (χ2v) is 6.52. The number of hydrogen-bond donors (Lipinski definition) is 1. The summed E-state index contributed by atoms with van der Waals surface area (Å²) in [6, 6.07) is 5.81. The molecule has 1 aromatic heterocycles. The van der Waals surface area contributed by atoms with Crippen LogP contribution in [0.1, 0.15) is 39.1 Å². The van der Waals surface area contributed by atoms with E-state index < -0.39 is 5.97 Å². The smallest absolute Gasteiger partial charge is 0.307 e. The van der Waals surface area contributed by atoms with Gasteiger partial charge in [-0.05, 0) is 29.5 Å². The summed E-state index contributed by atoms with van der Waals surface area (Å²) in [7, 11) is 0. The molecule has 4 nitrogen and oxygen atoms in total. The Hall–Kier alpha value is -1.84. The summed E-state index contributed by atoms with van der Waals surface area (Å²) in [6.07, 6.45) is 0.988. The zero-order valence-electron chi connectivity index (χ0n) is 13.3. The molecule has 0 saturated heterocycles. The van der Waals surface area contributed by atoms with Crippen molar-refractivity contribution in [3.63, 3.8) is 0 Å². The Balaban J connectivity index is 2.47. The Morgan fingerprint density at radius 1 is 1.24 bits per heavy atom. The van der Waals surface area contributed by atoms with Gasteiger partial charge >= 0.3 is 5.97 Å². The maximum Gasteiger partial charge on any atom is 0.307 e. The molecule has 4 heteroatoms. The highest BCUT2D eigenvalue weighted by Crippen LogP contribution is 2.21. The van der Waals surface area contributed by atoms with E-state index in [1.807, 2.05) is 18.2 Å². The van der Waals surface area contributed by atoms with Crippen LogP contribution in [0, 0.1) is 11.8 Å². The fourth-order valence-corrected chi connectivity index (χ4v) is 2.60. The number of aliphatic carboxylic acids is 1. The van der Waals surface area contributed by atoms with Crippen LogP contribution in [0.5, 0.6) is 0 Å². The number of carboxylic acid groups (broad SMARTS) is 1. The van der Waals surface area contributed by atoms with Crippen LogP contribution in [0.2, 0.25) is 0 Å². The van der Waals surface area contributed by atoms with Crippen molar-refractivity contribution in [3.8, 4) is 0 Å². The maximum atomic E-state index is 10.8. The van der Waals surface area contributed by atoms with Gasteiger partial charge in [-0.2, -0.15) is 0 Å². The van der Waals surface area contributed by atoms with Crippen LogP contribution < -0.4 is 0 Å². The molecule has 0 amide bonds. The van der Waals surface area contributed by atoms with E-state index >= 15 is 0 Å². The van der Waals surface area contributed by atoms with Crippen molar-refractivity contribution < 1.29 is 9.90 Å². The Morgan fingerprint density at radius 3 is 2.52 bits per heavy atom. The number of rotatable bonds is 6. The molecule has 2 aromatic rings. The number of fused-ring (bicyclic) bond motifs is 1. The van der Waals surface area contributed by atoms with Crippen molar-refractivity contribution in [2.24, 2.45) is 11.8 Å². The molecule has 0 saturated carbocycles. The summed E-state index contributed by atoms with van der Waals surface area (Å²) in [5, 5.41) is 8.91. The van der Waals surface area contributed by atoms with Crippen molar-refractivity contribution in [3.05, 3.63) is 29.6 Å². The first-order valence-electron chi connectivity index (χ1n) is 7.56. The zero-order chi connectivity index (χ0) is 15.6. The van der Waals surface area contributed by atoms with Gasteiger partial charge in [0.15, 0.2) is 0 Å². The molecule has 0 aliphatic rings. The third-order valence-corrected chi connectivity index (χ3v) is 3.39. The molecule has 0 unspecified atom stereocenters. The standard InChI is InChI=1S/C17H24N2O2/c1-11(2)7-16-18-14-8-13(9-17(20)21)5-6-15(14)19(16)10-12(3)4/h5-6,8,11-12H,7,9-10H2,1-4H3,(H,20,21). The van der Waals surface area contributed by atoms with E-state index in [9.17, 15) is 4.79 Å². The molecule has 1 aromatic carbocycles. The van der Waals surface area contributed by atoms with E-state index in [2.05, 4.69) is 32.3 Å². The molecule has 0 radical (unpaired) electrons. The highest BCUT2D eigenvalue weighted by atomic mass is 16.4. The SMILES string of the molecule is CC(C)Cc1nc2cc(CC(=O)O)ccc2n1CC(C)C. The number of imidazole rings is 1. The first kappa shape index (κ1) is 15.5. The van der Waals surface area contributed by atoms with Crippen LogP contribution in [0.25, 0.3) is 11.0 Å². The Labute approximate surface area is 125 Å². The van der Waals surface area contributed by atoms with Gasteiger partial charge in [-0.1, -0.05) is 33.8 Å². The number of hydrogen-bond acceptors (Lipinski definition) is 2. The van der Waals surface area contributed by atoms with Gasteiger partial charge in [-0.3, -0.25) is 4.79 Å². The number of benzene rings is 1. The van der Waals surface area contributed by atoms with Crippen LogP contribution in [-0.4, -0.2) is 20.6 Å². The molecule has 1 heterocycles. The van der Waals surface area contributed by atoms with Crippen LogP contribution in [0.15, 0.2) is 18.2 Å². The number of aromatic nitrogens is 2. The molecular weight excluding hydrogens is 264 g/mol. The van der Waals surface area contributed by atoms with E-state index in [0.717, 1.165) is 35.4 Å². The first-order chi connectivity index (χ1) is 9.86. The van der Waals surface area contributed by atoms with Crippen LogP contribution in [0.4, 0.5) is 0 Å². The van der Waals surface area contributed by atoms with E-state index in [1.54, 1.807) is 0 Å². The minimum atomic E-state index is -0.807. The third-order valence-electron chi connectivity index (χ3n) is 3.39. The van der Waals surface area contributed by atoms with Crippen LogP contribution >= 0.6 is 0 Å². The van der Waals surface area contributed by atoms with Crippen LogP contribution in [0.3, 0.4) is 0 Å². The molecule has 0 bridgehead atoms. The molecular formula is C17H24N2O2. The predicted octanol–water partition coefficient (Wildman–Crippen LogP) is 3.52. The third kappa shape index (κ3) is 3.84. The van der Waals surface area contributed by atoms with Gasteiger partial charge in [0.25, 0.3) is 0 Å². The van der Waals surface area contributed by atoms with Gasteiger partial charge in [0.05, 0.1) is 17.5 Å². The van der Waals surface area contributed by atoms with Crippen molar-refractivity contribution in [1.82, 2.24) is 9.55 Å². The normalized spacial score (nSPS) is 11.7. The van der Waals surface area contributed by atoms with Crippen molar-refractivity contribution in [1.29, 1.82) is 0 Å². The molecule has 1 N–H and O–H groups in total. The van der Waals surface area contributed by atoms with Gasteiger partial charge in [0.2, 0.25) is 0 Å². The summed E-state index contributed by atoms with van der Waals surface area (Å²) in [4.78, 5) is 15.6. The minimum absolute atomic E-state index is 0.0481. The lowest BCUT2D eigenvalue weighted by molar-refractivity contribution is -0.136. The number of nitrogens with zero attached hydrogens (tertiary/aromatic N) is 2. The summed E-state index contributed by atoms with van der Waals surface area (Å²) in [5.41, 5.74) is 2.82. The van der Waals surface area contributed by atoms with Crippen molar-refractivity contribution >= 4 is 17.0 Å². The fraction of sp³-hybridized carbons (Fsp3) is 0.529. The predicted molar refractivity (Wildman–Crippen MR) is 84.5 cm³/mol. The summed E-state index contributed by atoms with van der Waals surface area (Å²) < 4.78 is 2.28. The van der Waals surface area contributed by atoms with E-state index in [1.165, 1.54) is 0 Å². The Bertz CT molecular complexity index is 642. The lowest BCUT2D eigenvalue weighted by Crippen LogP contribution is -2.10. The highest BCUT2D eigenvalue weighted by molar-refractivity contribution is 5.79. The van der Waals surface area contributed by atoms with Crippen molar-refractivity contribution in [2.45, 2.75) is 47.1 Å². The topological polar surface area (TPSA) is 55.1 Å². The highest BCUT2D eigenvalue weighted by Gasteiger charge is 2.14. The average Bonchev–Trinajstić information content (AvgIpc) is 2.64. The summed E-state index contributed by atoms with van der Waals surface area (Å²) in [5.74, 6) is 1.39. The molecule has 114 valence electrons. The summed E-state index contributed by atoms with van der Waals surface area (Å²) in [6.45, 7) is 9.72. The minimum Gasteiger partial charge on any atom is -0.481 e. The first-order valence-corrected chi connectivity index (χ1v) is 7.56. The van der Waals surface area contributed by atoms with Crippen LogP contribution in [-0.2, 0) is 24.2 Å². The average molecular weight is 288 g/mol. The fourth-order valence-electron chi connectivity index (χ4n) is 2.60. The molecule has 0 aliphatic heterocycles. The second kappa shape index (κ2) is 6.29. The molecule has 0 aliphatic carbocycles. The van der Waals surface area contributed by atoms with Gasteiger partial charge in [-0.15, -0.1) is 0 Å². The number of carbonyl (C=O) groups is 1. The molecule has 0 spiro atoms. The monoisotopic (exact) mass is 288 g/mol. The zero-order valence-corrected chi connectivity index (χ0v) is 13.3. The van der Waals surface area contributed by atoms with Gasteiger partial charge < -0.3 is 9.67 Å². The molecule has 2 rings (SSSR count). The van der Waals surface area contributed by atoms with Crippen molar-refractivity contribution in [2.75, 3.05) is 0 Å². The maximum absolute atomic E-state index is 10.8. The summed E-state index contributed by atoms with van der Waals surface area (Å²) >= 11 is 0. The lowest BCUT2D eigenvalue weighted by Gasteiger charge is -2.13. The van der Waals surface area contributed by atoms with E-state index in [0.29, 0.717) is 11.8 Å².